The Bertz CT molecular complexity index is 1000. The van der Waals surface area contributed by atoms with Gasteiger partial charge in [-0.3, -0.25) is 4.98 Å². The van der Waals surface area contributed by atoms with Crippen LogP contribution in [0.1, 0.15) is 10.5 Å². The van der Waals surface area contributed by atoms with Gasteiger partial charge >= 0.3 is 5.97 Å². The number of carbonyl (C=O) groups is 1. The molecule has 0 atom stereocenters. The predicted molar refractivity (Wildman–Crippen MR) is 84.7 cm³/mol. The first-order valence-corrected chi connectivity index (χ1v) is 7.03. The van der Waals surface area contributed by atoms with E-state index in [0.717, 1.165) is 16.6 Å². The number of rotatable bonds is 3. The average molecular weight is 304 g/mol. The number of aromatic nitrogens is 4. The number of hydrogen-bond donors (Lipinski definition) is 1. The summed E-state index contributed by atoms with van der Waals surface area (Å²) < 4.78 is 3.34. The van der Waals surface area contributed by atoms with Gasteiger partial charge in [-0.2, -0.15) is 5.10 Å². The minimum atomic E-state index is -1.01. The van der Waals surface area contributed by atoms with E-state index in [-0.39, 0.29) is 5.69 Å². The molecule has 0 saturated carbocycles. The van der Waals surface area contributed by atoms with E-state index in [1.807, 2.05) is 47.0 Å². The Morgan fingerprint density at radius 2 is 1.87 bits per heavy atom. The van der Waals surface area contributed by atoms with Crippen LogP contribution in [-0.4, -0.2) is 30.2 Å². The van der Waals surface area contributed by atoms with Gasteiger partial charge in [0.2, 0.25) is 0 Å². The van der Waals surface area contributed by atoms with Gasteiger partial charge < -0.3 is 9.51 Å². The minimum absolute atomic E-state index is 0.122. The Morgan fingerprint density at radius 1 is 1.00 bits per heavy atom. The lowest BCUT2D eigenvalue weighted by Crippen LogP contribution is -2.09. The number of fused-ring (bicyclic) bond motifs is 1. The SMILES string of the molecule is O=C(O)c1ccnn1-c1ccc2ccc(-c3cccnc3)cn12. The highest BCUT2D eigenvalue weighted by Gasteiger charge is 2.14. The van der Waals surface area contributed by atoms with Crippen LogP contribution in [0.2, 0.25) is 0 Å². The summed E-state index contributed by atoms with van der Waals surface area (Å²) in [6, 6.07) is 13.1. The van der Waals surface area contributed by atoms with E-state index in [1.165, 1.54) is 16.9 Å². The van der Waals surface area contributed by atoms with E-state index >= 15 is 0 Å². The molecule has 6 nitrogen and oxygen atoms in total. The van der Waals surface area contributed by atoms with Crippen LogP contribution in [0, 0.1) is 0 Å². The van der Waals surface area contributed by atoms with Gasteiger partial charge in [0.1, 0.15) is 5.82 Å². The zero-order valence-corrected chi connectivity index (χ0v) is 12.0. The van der Waals surface area contributed by atoms with Crippen molar-refractivity contribution in [2.24, 2.45) is 0 Å². The van der Waals surface area contributed by atoms with Gasteiger partial charge in [-0.05, 0) is 35.9 Å². The van der Waals surface area contributed by atoms with Gasteiger partial charge in [0, 0.05) is 29.7 Å². The van der Waals surface area contributed by atoms with Crippen LogP contribution < -0.4 is 0 Å². The number of pyridine rings is 2. The maximum absolute atomic E-state index is 11.3. The minimum Gasteiger partial charge on any atom is -0.477 e. The summed E-state index contributed by atoms with van der Waals surface area (Å²) in [4.78, 5) is 15.5. The summed E-state index contributed by atoms with van der Waals surface area (Å²) in [6.07, 6.45) is 6.95. The standard InChI is InChI=1S/C17H12N4O2/c22-17(23)15-7-9-19-21(15)16-6-5-14-4-3-13(11-20(14)16)12-2-1-8-18-10-12/h1-11H,(H,22,23). The molecule has 6 heteroatoms. The Labute approximate surface area is 131 Å². The van der Waals surface area contributed by atoms with Gasteiger partial charge in [0.25, 0.3) is 0 Å². The van der Waals surface area contributed by atoms with Crippen molar-refractivity contribution >= 4 is 11.5 Å². The van der Waals surface area contributed by atoms with Crippen molar-refractivity contribution in [2.45, 2.75) is 0 Å². The largest absolute Gasteiger partial charge is 0.477 e. The molecule has 0 unspecified atom stereocenters. The number of nitrogens with zero attached hydrogens (tertiary/aromatic N) is 4. The van der Waals surface area contributed by atoms with Crippen molar-refractivity contribution in [1.82, 2.24) is 19.2 Å². The van der Waals surface area contributed by atoms with Crippen molar-refractivity contribution in [2.75, 3.05) is 0 Å². The monoisotopic (exact) mass is 304 g/mol. The van der Waals surface area contributed by atoms with Crippen LogP contribution in [0.5, 0.6) is 0 Å². The van der Waals surface area contributed by atoms with Crippen LogP contribution in [0.4, 0.5) is 0 Å². The molecule has 0 aromatic carbocycles. The van der Waals surface area contributed by atoms with Gasteiger partial charge in [-0.15, -0.1) is 0 Å². The molecule has 0 aliphatic rings. The lowest BCUT2D eigenvalue weighted by molar-refractivity contribution is 0.0686. The zero-order valence-electron chi connectivity index (χ0n) is 12.0. The van der Waals surface area contributed by atoms with Gasteiger partial charge in [0.05, 0.1) is 6.20 Å². The summed E-state index contributed by atoms with van der Waals surface area (Å²) in [5.74, 6) is -0.339. The molecule has 1 N–H and O–H groups in total. The van der Waals surface area contributed by atoms with Crippen LogP contribution in [-0.2, 0) is 0 Å². The van der Waals surface area contributed by atoms with Gasteiger partial charge in [0.15, 0.2) is 5.69 Å². The molecule has 4 rings (SSSR count). The summed E-state index contributed by atoms with van der Waals surface area (Å²) in [5, 5.41) is 13.4. The number of carboxylic acids is 1. The summed E-state index contributed by atoms with van der Waals surface area (Å²) in [7, 11) is 0. The fraction of sp³-hybridized carbons (Fsp3) is 0. The van der Waals surface area contributed by atoms with Crippen molar-refractivity contribution in [3.8, 4) is 16.9 Å². The van der Waals surface area contributed by atoms with E-state index in [1.54, 1.807) is 12.4 Å². The highest BCUT2D eigenvalue weighted by molar-refractivity contribution is 5.86. The lowest BCUT2D eigenvalue weighted by atomic mass is 10.1. The highest BCUT2D eigenvalue weighted by atomic mass is 16.4. The summed E-state index contributed by atoms with van der Waals surface area (Å²) in [5.41, 5.74) is 3.07. The maximum atomic E-state index is 11.3. The number of hydrogen-bond acceptors (Lipinski definition) is 3. The van der Waals surface area contributed by atoms with E-state index < -0.39 is 5.97 Å². The normalized spacial score (nSPS) is 11.0. The molecule has 0 bridgehead atoms. The Kier molecular flexibility index (Phi) is 2.94. The molecule has 4 heterocycles. The van der Waals surface area contributed by atoms with E-state index in [2.05, 4.69) is 10.1 Å². The molecule has 112 valence electrons. The molecule has 0 spiro atoms. The Morgan fingerprint density at radius 3 is 2.65 bits per heavy atom. The quantitative estimate of drug-likeness (QED) is 0.631. The van der Waals surface area contributed by atoms with E-state index in [4.69, 9.17) is 0 Å². The predicted octanol–water partition coefficient (Wildman–Crippen LogP) is 2.89. The molecule has 4 aromatic rings. The second-order valence-corrected chi connectivity index (χ2v) is 5.08. The van der Waals surface area contributed by atoms with Crippen LogP contribution in [0.15, 0.2) is 67.3 Å². The Hall–Kier alpha value is -3.41. The first-order valence-electron chi connectivity index (χ1n) is 7.03. The lowest BCUT2D eigenvalue weighted by Gasteiger charge is -2.08. The molecule has 23 heavy (non-hydrogen) atoms. The molecule has 0 aliphatic heterocycles. The molecular formula is C17H12N4O2. The summed E-state index contributed by atoms with van der Waals surface area (Å²) in [6.45, 7) is 0. The fourth-order valence-electron chi connectivity index (χ4n) is 2.61. The number of carboxylic acid groups (broad SMARTS) is 1. The molecule has 4 aromatic heterocycles. The molecular weight excluding hydrogens is 292 g/mol. The summed E-state index contributed by atoms with van der Waals surface area (Å²) >= 11 is 0. The smallest absolute Gasteiger partial charge is 0.354 e. The third-order valence-corrected chi connectivity index (χ3v) is 3.70. The average Bonchev–Trinajstić information content (AvgIpc) is 3.21. The first kappa shape index (κ1) is 13.3. The third kappa shape index (κ3) is 2.17. The molecule has 0 aliphatic carbocycles. The topological polar surface area (TPSA) is 72.4 Å². The second kappa shape index (κ2) is 5.10. The van der Waals surface area contributed by atoms with Crippen LogP contribution in [0.3, 0.4) is 0 Å². The maximum Gasteiger partial charge on any atom is 0.354 e. The molecule has 0 saturated heterocycles. The Balaban J connectivity index is 1.92. The van der Waals surface area contributed by atoms with Gasteiger partial charge in [-0.25, -0.2) is 9.48 Å². The van der Waals surface area contributed by atoms with Crippen LogP contribution in [0.25, 0.3) is 22.5 Å². The highest BCUT2D eigenvalue weighted by Crippen LogP contribution is 2.22. The molecule has 0 radical (unpaired) electrons. The van der Waals surface area contributed by atoms with Crippen molar-refractivity contribution in [3.05, 3.63) is 72.9 Å². The van der Waals surface area contributed by atoms with Crippen molar-refractivity contribution in [1.29, 1.82) is 0 Å². The van der Waals surface area contributed by atoms with Gasteiger partial charge in [-0.1, -0.05) is 12.1 Å². The van der Waals surface area contributed by atoms with E-state index in [9.17, 15) is 9.90 Å². The third-order valence-electron chi connectivity index (χ3n) is 3.70. The molecule has 0 fully saturated rings. The zero-order chi connectivity index (χ0) is 15.8. The fourth-order valence-corrected chi connectivity index (χ4v) is 2.61. The molecule has 0 amide bonds. The first-order chi connectivity index (χ1) is 11.2. The second-order valence-electron chi connectivity index (χ2n) is 5.08. The van der Waals surface area contributed by atoms with E-state index in [0.29, 0.717) is 5.82 Å². The number of aromatic carboxylic acids is 1. The van der Waals surface area contributed by atoms with Crippen molar-refractivity contribution in [3.63, 3.8) is 0 Å². The van der Waals surface area contributed by atoms with Crippen molar-refractivity contribution < 1.29 is 9.90 Å². The van der Waals surface area contributed by atoms with Crippen LogP contribution >= 0.6 is 0 Å².